The Bertz CT molecular complexity index is 865. The molecule has 0 aromatic heterocycles. The van der Waals surface area contributed by atoms with Gasteiger partial charge in [0.15, 0.2) is 5.83 Å². The standard InChI is InChI=1S/C28H33FN2/c1-21(24-11-7-22(8-12-24)5-3-2-4-6-28(29)20-31)25-15-17-27(18-16-25)26-13-9-23(19-30)10-14-26/h2,4,6,9-10,13-14,22,24-25,27H,1,3,5,7-8,11-12,15-18H2/b4-2+,28-6-/t22-,24-,25-,27-. The zero-order valence-electron chi connectivity index (χ0n) is 18.4. The Morgan fingerprint density at radius 3 is 2.16 bits per heavy atom. The van der Waals surface area contributed by atoms with E-state index in [2.05, 4.69) is 24.8 Å². The highest BCUT2D eigenvalue weighted by molar-refractivity contribution is 5.33. The van der Waals surface area contributed by atoms with Crippen molar-refractivity contribution < 1.29 is 4.39 Å². The monoisotopic (exact) mass is 416 g/mol. The summed E-state index contributed by atoms with van der Waals surface area (Å²) in [6, 6.07) is 11.8. The first kappa shape index (κ1) is 23.0. The third-order valence-electron chi connectivity index (χ3n) is 7.36. The molecule has 0 spiro atoms. The molecule has 3 rings (SSSR count). The molecule has 1 aromatic rings. The topological polar surface area (TPSA) is 47.6 Å². The van der Waals surface area contributed by atoms with Crippen LogP contribution in [-0.4, -0.2) is 0 Å². The number of halogens is 1. The van der Waals surface area contributed by atoms with Crippen LogP contribution in [0.4, 0.5) is 4.39 Å². The van der Waals surface area contributed by atoms with Crippen molar-refractivity contribution in [3.63, 3.8) is 0 Å². The molecule has 0 bridgehead atoms. The number of nitriles is 2. The van der Waals surface area contributed by atoms with Crippen LogP contribution in [0.25, 0.3) is 0 Å². The fraction of sp³-hybridized carbons (Fsp3) is 0.500. The summed E-state index contributed by atoms with van der Waals surface area (Å²) in [7, 11) is 0. The molecular weight excluding hydrogens is 383 g/mol. The van der Waals surface area contributed by atoms with Crippen molar-refractivity contribution in [1.82, 2.24) is 0 Å². The van der Waals surface area contributed by atoms with Crippen molar-refractivity contribution in [2.24, 2.45) is 17.8 Å². The molecule has 2 fully saturated rings. The summed E-state index contributed by atoms with van der Waals surface area (Å²) in [4.78, 5) is 0. The van der Waals surface area contributed by atoms with Crippen LogP contribution in [0, 0.1) is 40.4 Å². The predicted molar refractivity (Wildman–Crippen MR) is 124 cm³/mol. The highest BCUT2D eigenvalue weighted by atomic mass is 19.1. The van der Waals surface area contributed by atoms with Gasteiger partial charge in [-0.2, -0.15) is 14.9 Å². The SMILES string of the molecule is C=C([C@H]1CC[C@H](CC/C=C/C=C(\F)C#N)CC1)[C@H]1CC[C@H](c2ccc(C#N)cc2)CC1. The number of hydrogen-bond acceptors (Lipinski definition) is 2. The van der Waals surface area contributed by atoms with Gasteiger partial charge in [-0.1, -0.05) is 36.4 Å². The Labute approximate surface area is 186 Å². The maximum Gasteiger partial charge on any atom is 0.199 e. The first-order valence-corrected chi connectivity index (χ1v) is 11.7. The number of nitrogens with zero attached hydrogens (tertiary/aromatic N) is 2. The molecule has 0 saturated heterocycles. The van der Waals surface area contributed by atoms with Crippen molar-refractivity contribution >= 4 is 0 Å². The molecule has 0 aliphatic heterocycles. The van der Waals surface area contributed by atoms with E-state index in [4.69, 9.17) is 10.5 Å². The lowest BCUT2D eigenvalue weighted by Gasteiger charge is -2.36. The first-order chi connectivity index (χ1) is 15.1. The fourth-order valence-electron chi connectivity index (χ4n) is 5.40. The zero-order chi connectivity index (χ0) is 22.1. The Hall–Kier alpha value is -2.65. The van der Waals surface area contributed by atoms with Crippen molar-refractivity contribution in [3.05, 3.63) is 71.6 Å². The van der Waals surface area contributed by atoms with Gasteiger partial charge in [-0.15, -0.1) is 0 Å². The van der Waals surface area contributed by atoms with Crippen LogP contribution < -0.4 is 0 Å². The van der Waals surface area contributed by atoms with Gasteiger partial charge in [0.2, 0.25) is 0 Å². The molecule has 2 aliphatic rings. The molecule has 0 amide bonds. The summed E-state index contributed by atoms with van der Waals surface area (Å²) in [5.74, 6) is 1.99. The zero-order valence-corrected chi connectivity index (χ0v) is 18.4. The van der Waals surface area contributed by atoms with Gasteiger partial charge in [0.1, 0.15) is 6.07 Å². The fourth-order valence-corrected chi connectivity index (χ4v) is 5.40. The molecule has 1 aromatic carbocycles. The molecule has 2 nitrogen and oxygen atoms in total. The molecule has 2 saturated carbocycles. The van der Waals surface area contributed by atoms with Gasteiger partial charge in [0.05, 0.1) is 11.6 Å². The second-order valence-corrected chi connectivity index (χ2v) is 9.21. The van der Waals surface area contributed by atoms with E-state index >= 15 is 0 Å². The van der Waals surface area contributed by atoms with Crippen LogP contribution >= 0.6 is 0 Å². The highest BCUT2D eigenvalue weighted by Crippen LogP contribution is 2.44. The van der Waals surface area contributed by atoms with Gasteiger partial charge < -0.3 is 0 Å². The smallest absolute Gasteiger partial charge is 0.195 e. The average Bonchev–Trinajstić information content (AvgIpc) is 2.83. The van der Waals surface area contributed by atoms with Crippen molar-refractivity contribution in [1.29, 1.82) is 10.5 Å². The predicted octanol–water partition coefficient (Wildman–Crippen LogP) is 7.91. The van der Waals surface area contributed by atoms with Crippen molar-refractivity contribution in [2.45, 2.75) is 70.1 Å². The summed E-state index contributed by atoms with van der Waals surface area (Å²) < 4.78 is 12.8. The molecule has 0 N–H and O–H groups in total. The molecule has 0 unspecified atom stereocenters. The van der Waals surface area contributed by atoms with Crippen LogP contribution in [0.15, 0.2) is 60.5 Å². The second-order valence-electron chi connectivity index (χ2n) is 9.21. The van der Waals surface area contributed by atoms with E-state index < -0.39 is 5.83 Å². The largest absolute Gasteiger partial charge is 0.199 e. The Morgan fingerprint density at radius 1 is 0.968 bits per heavy atom. The third-order valence-corrected chi connectivity index (χ3v) is 7.36. The number of allylic oxidation sites excluding steroid dienone is 5. The van der Waals surface area contributed by atoms with E-state index in [1.807, 2.05) is 18.2 Å². The lowest BCUT2D eigenvalue weighted by molar-refractivity contribution is 0.260. The Balaban J connectivity index is 1.38. The van der Waals surface area contributed by atoms with E-state index in [0.29, 0.717) is 17.8 Å². The molecule has 2 aliphatic carbocycles. The lowest BCUT2D eigenvalue weighted by Crippen LogP contribution is -2.22. The Morgan fingerprint density at radius 2 is 1.58 bits per heavy atom. The molecule has 162 valence electrons. The third kappa shape index (κ3) is 6.67. The number of rotatable bonds is 7. The maximum absolute atomic E-state index is 12.8. The average molecular weight is 417 g/mol. The number of hydrogen-bond donors (Lipinski definition) is 0. The van der Waals surface area contributed by atoms with E-state index in [1.54, 1.807) is 6.08 Å². The van der Waals surface area contributed by atoms with E-state index in [9.17, 15) is 4.39 Å². The van der Waals surface area contributed by atoms with Gasteiger partial charge in [0.25, 0.3) is 0 Å². The van der Waals surface area contributed by atoms with Gasteiger partial charge >= 0.3 is 0 Å². The van der Waals surface area contributed by atoms with E-state index in [-0.39, 0.29) is 0 Å². The summed E-state index contributed by atoms with van der Waals surface area (Å²) in [5, 5.41) is 17.4. The summed E-state index contributed by atoms with van der Waals surface area (Å²) >= 11 is 0. The summed E-state index contributed by atoms with van der Waals surface area (Å²) in [6.07, 6.45) is 16.9. The van der Waals surface area contributed by atoms with E-state index in [0.717, 1.165) is 24.3 Å². The molecule has 0 radical (unpaired) electrons. The van der Waals surface area contributed by atoms with Gasteiger partial charge in [0, 0.05) is 0 Å². The van der Waals surface area contributed by atoms with Crippen molar-refractivity contribution in [3.8, 4) is 12.1 Å². The minimum Gasteiger partial charge on any atom is -0.195 e. The molecule has 0 heterocycles. The molecule has 0 atom stereocenters. The first-order valence-electron chi connectivity index (χ1n) is 11.7. The van der Waals surface area contributed by atoms with Gasteiger partial charge in [-0.25, -0.2) is 0 Å². The van der Waals surface area contributed by atoms with Crippen LogP contribution in [0.1, 0.15) is 81.3 Å². The Kier molecular flexibility index (Phi) is 8.66. The number of benzene rings is 1. The molecular formula is C28H33FN2. The lowest BCUT2D eigenvalue weighted by atomic mass is 9.69. The summed E-state index contributed by atoms with van der Waals surface area (Å²) in [6.45, 7) is 4.54. The van der Waals surface area contributed by atoms with Crippen LogP contribution in [0.5, 0.6) is 0 Å². The highest BCUT2D eigenvalue weighted by Gasteiger charge is 2.29. The van der Waals surface area contributed by atoms with Crippen LogP contribution in [0.2, 0.25) is 0 Å². The molecule has 3 heteroatoms. The van der Waals surface area contributed by atoms with Gasteiger partial charge in [-0.05, 0) is 112 Å². The minimum absolute atomic E-state index is 0.622. The summed E-state index contributed by atoms with van der Waals surface area (Å²) in [5.41, 5.74) is 3.61. The van der Waals surface area contributed by atoms with Crippen LogP contribution in [-0.2, 0) is 0 Å². The minimum atomic E-state index is -0.735. The van der Waals surface area contributed by atoms with Gasteiger partial charge in [-0.3, -0.25) is 0 Å². The van der Waals surface area contributed by atoms with Crippen LogP contribution in [0.3, 0.4) is 0 Å². The van der Waals surface area contributed by atoms with E-state index in [1.165, 1.54) is 74.6 Å². The normalized spacial score (nSPS) is 26.9. The van der Waals surface area contributed by atoms with Crippen molar-refractivity contribution in [2.75, 3.05) is 0 Å². The quantitative estimate of drug-likeness (QED) is 0.257. The molecule has 31 heavy (non-hydrogen) atoms. The second kappa shape index (κ2) is 11.7. The maximum atomic E-state index is 12.8.